The minimum Gasteiger partial charge on any atom is -0.481 e. The van der Waals surface area contributed by atoms with Crippen molar-refractivity contribution >= 4 is 40.9 Å². The number of benzene rings is 1. The lowest BCUT2D eigenvalue weighted by molar-refractivity contribution is -0.145. The maximum absolute atomic E-state index is 11.7. The molecule has 0 saturated carbocycles. The molecule has 0 spiro atoms. The summed E-state index contributed by atoms with van der Waals surface area (Å²) in [5.41, 5.74) is 0.521. The second kappa shape index (κ2) is 5.04. The Hall–Kier alpha value is -1.46. The Morgan fingerprint density at radius 3 is 2.50 bits per heavy atom. The molecule has 5 nitrogen and oxygen atoms in total. The molecule has 2 amide bonds. The van der Waals surface area contributed by atoms with Crippen LogP contribution in [0.25, 0.3) is 0 Å². The lowest BCUT2D eigenvalue weighted by atomic mass is 10.0. The number of carboxylic acid groups (broad SMARTS) is 1. The topological polar surface area (TPSA) is 69.6 Å². The van der Waals surface area contributed by atoms with Crippen molar-refractivity contribution in [3.05, 3.63) is 28.2 Å². The maximum Gasteiger partial charge on any atom is 0.321 e. The molecule has 2 N–H and O–H groups in total. The van der Waals surface area contributed by atoms with Crippen molar-refractivity contribution in [2.24, 2.45) is 5.92 Å². The van der Waals surface area contributed by atoms with E-state index in [1.807, 2.05) is 0 Å². The molecule has 1 fully saturated rings. The van der Waals surface area contributed by atoms with Crippen LogP contribution in [-0.2, 0) is 4.79 Å². The molecule has 0 bridgehead atoms. The largest absolute Gasteiger partial charge is 0.481 e. The first kappa shape index (κ1) is 13.0. The SMILES string of the molecule is O=C(O)C1CN(C(=O)Nc2ccc(Cl)c(Cl)c2)C1. The molecule has 1 saturated heterocycles. The zero-order chi connectivity index (χ0) is 13.3. The monoisotopic (exact) mass is 288 g/mol. The summed E-state index contributed by atoms with van der Waals surface area (Å²) in [5, 5.41) is 12.1. The fraction of sp³-hybridized carbons (Fsp3) is 0.273. The van der Waals surface area contributed by atoms with Gasteiger partial charge in [-0.3, -0.25) is 4.79 Å². The number of nitrogens with one attached hydrogen (secondary N) is 1. The number of carbonyl (C=O) groups is 2. The Bertz CT molecular complexity index is 501. The second-order valence-corrected chi connectivity index (χ2v) is 4.81. The first-order chi connectivity index (χ1) is 8.47. The third kappa shape index (κ3) is 2.68. The molecule has 1 aromatic carbocycles. The third-order valence-electron chi connectivity index (χ3n) is 2.69. The molecule has 0 atom stereocenters. The van der Waals surface area contributed by atoms with Crippen molar-refractivity contribution in [2.45, 2.75) is 0 Å². The minimum atomic E-state index is -0.881. The highest BCUT2D eigenvalue weighted by Crippen LogP contribution is 2.25. The van der Waals surface area contributed by atoms with Gasteiger partial charge in [-0.25, -0.2) is 4.79 Å². The number of hydrogen-bond donors (Lipinski definition) is 2. The summed E-state index contributed by atoms with van der Waals surface area (Å²) in [4.78, 5) is 23.7. The molecule has 18 heavy (non-hydrogen) atoms. The van der Waals surface area contributed by atoms with E-state index in [0.29, 0.717) is 15.7 Å². The number of hydrogen-bond acceptors (Lipinski definition) is 2. The van der Waals surface area contributed by atoms with Crippen LogP contribution in [0.3, 0.4) is 0 Å². The number of urea groups is 1. The lowest BCUT2D eigenvalue weighted by Gasteiger charge is -2.36. The van der Waals surface area contributed by atoms with Crippen LogP contribution in [0.4, 0.5) is 10.5 Å². The Kier molecular flexibility index (Phi) is 3.63. The van der Waals surface area contributed by atoms with Gasteiger partial charge in [0.05, 0.1) is 16.0 Å². The highest BCUT2D eigenvalue weighted by Gasteiger charge is 2.35. The number of amides is 2. The summed E-state index contributed by atoms with van der Waals surface area (Å²) in [7, 11) is 0. The number of carbonyl (C=O) groups excluding carboxylic acids is 1. The summed E-state index contributed by atoms with van der Waals surface area (Å²) in [6.45, 7) is 0.449. The quantitative estimate of drug-likeness (QED) is 0.879. The fourth-order valence-electron chi connectivity index (χ4n) is 1.58. The van der Waals surface area contributed by atoms with Crippen molar-refractivity contribution < 1.29 is 14.7 Å². The van der Waals surface area contributed by atoms with E-state index >= 15 is 0 Å². The first-order valence-corrected chi connectivity index (χ1v) is 5.97. The van der Waals surface area contributed by atoms with Gasteiger partial charge in [-0.05, 0) is 18.2 Å². The van der Waals surface area contributed by atoms with Gasteiger partial charge in [-0.15, -0.1) is 0 Å². The van der Waals surface area contributed by atoms with E-state index in [4.69, 9.17) is 28.3 Å². The smallest absolute Gasteiger partial charge is 0.321 e. The summed E-state index contributed by atoms with van der Waals surface area (Å²) in [6, 6.07) is 4.40. The van der Waals surface area contributed by atoms with E-state index in [0.717, 1.165) is 0 Å². The van der Waals surface area contributed by atoms with Gasteiger partial charge in [0.25, 0.3) is 0 Å². The molecule has 1 aliphatic heterocycles. The Balaban J connectivity index is 1.92. The van der Waals surface area contributed by atoms with E-state index in [-0.39, 0.29) is 19.1 Å². The number of rotatable bonds is 2. The van der Waals surface area contributed by atoms with Gasteiger partial charge in [-0.2, -0.15) is 0 Å². The first-order valence-electron chi connectivity index (χ1n) is 5.21. The van der Waals surface area contributed by atoms with Crippen LogP contribution < -0.4 is 5.32 Å². The minimum absolute atomic E-state index is 0.225. The molecule has 1 aromatic rings. The Morgan fingerprint density at radius 1 is 1.28 bits per heavy atom. The van der Waals surface area contributed by atoms with E-state index < -0.39 is 11.9 Å². The van der Waals surface area contributed by atoms with Gasteiger partial charge in [0.1, 0.15) is 0 Å². The maximum atomic E-state index is 11.7. The van der Waals surface area contributed by atoms with Crippen molar-refractivity contribution in [3.8, 4) is 0 Å². The molecule has 0 aliphatic carbocycles. The normalized spacial score (nSPS) is 15.1. The molecule has 1 heterocycles. The fourth-order valence-corrected chi connectivity index (χ4v) is 1.88. The molecule has 0 radical (unpaired) electrons. The highest BCUT2D eigenvalue weighted by atomic mass is 35.5. The summed E-state index contributed by atoms with van der Waals surface area (Å²) in [6.07, 6.45) is 0. The zero-order valence-electron chi connectivity index (χ0n) is 9.19. The summed E-state index contributed by atoms with van der Waals surface area (Å²) < 4.78 is 0. The number of nitrogens with zero attached hydrogens (tertiary/aromatic N) is 1. The highest BCUT2D eigenvalue weighted by molar-refractivity contribution is 6.42. The molecule has 1 aliphatic rings. The number of anilines is 1. The lowest BCUT2D eigenvalue weighted by Crippen LogP contribution is -2.54. The summed E-state index contributed by atoms with van der Waals surface area (Å²) >= 11 is 11.6. The average Bonchev–Trinajstić information content (AvgIpc) is 2.20. The van der Waals surface area contributed by atoms with Crippen LogP contribution >= 0.6 is 23.2 Å². The number of aliphatic carboxylic acids is 1. The van der Waals surface area contributed by atoms with Crippen molar-refractivity contribution in [1.82, 2.24) is 4.90 Å². The van der Waals surface area contributed by atoms with Crippen LogP contribution in [0.2, 0.25) is 10.0 Å². The Morgan fingerprint density at radius 2 is 1.94 bits per heavy atom. The van der Waals surface area contributed by atoms with Crippen LogP contribution in [0, 0.1) is 5.92 Å². The van der Waals surface area contributed by atoms with E-state index in [1.165, 1.54) is 11.0 Å². The van der Waals surface area contributed by atoms with E-state index in [1.54, 1.807) is 12.1 Å². The zero-order valence-corrected chi connectivity index (χ0v) is 10.7. The molecule has 0 aromatic heterocycles. The number of likely N-dealkylation sites (tertiary alicyclic amines) is 1. The van der Waals surface area contributed by atoms with Gasteiger partial charge < -0.3 is 15.3 Å². The standard InChI is InChI=1S/C11H10Cl2N2O3/c12-8-2-1-7(3-9(8)13)14-11(18)15-4-6(5-15)10(16)17/h1-3,6H,4-5H2,(H,14,18)(H,16,17). The summed E-state index contributed by atoms with van der Waals surface area (Å²) in [5.74, 6) is -1.35. The second-order valence-electron chi connectivity index (χ2n) is 4.00. The van der Waals surface area contributed by atoms with Crippen molar-refractivity contribution in [3.63, 3.8) is 0 Å². The van der Waals surface area contributed by atoms with Gasteiger partial charge in [0.15, 0.2) is 0 Å². The molecule has 2 rings (SSSR count). The van der Waals surface area contributed by atoms with E-state index in [9.17, 15) is 9.59 Å². The molecule has 96 valence electrons. The van der Waals surface area contributed by atoms with Gasteiger partial charge in [0.2, 0.25) is 0 Å². The third-order valence-corrected chi connectivity index (χ3v) is 3.43. The van der Waals surface area contributed by atoms with Crippen LogP contribution in [0.15, 0.2) is 18.2 Å². The van der Waals surface area contributed by atoms with Crippen LogP contribution in [0.1, 0.15) is 0 Å². The predicted molar refractivity (Wildman–Crippen MR) is 68.2 cm³/mol. The van der Waals surface area contributed by atoms with Gasteiger partial charge >= 0.3 is 12.0 Å². The average molecular weight is 289 g/mol. The van der Waals surface area contributed by atoms with E-state index in [2.05, 4.69) is 5.32 Å². The van der Waals surface area contributed by atoms with Gasteiger partial charge in [0, 0.05) is 18.8 Å². The predicted octanol–water partition coefficient (Wildman–Crippen LogP) is 2.54. The molecule has 0 unspecified atom stereocenters. The van der Waals surface area contributed by atoms with Crippen LogP contribution in [-0.4, -0.2) is 35.1 Å². The van der Waals surface area contributed by atoms with Crippen molar-refractivity contribution in [2.75, 3.05) is 18.4 Å². The van der Waals surface area contributed by atoms with Crippen molar-refractivity contribution in [1.29, 1.82) is 0 Å². The Labute approximate surface area is 113 Å². The molecule has 7 heteroatoms. The molecular formula is C11H10Cl2N2O3. The number of halogens is 2. The van der Waals surface area contributed by atoms with Gasteiger partial charge in [-0.1, -0.05) is 23.2 Å². The number of carboxylic acids is 1. The molecular weight excluding hydrogens is 279 g/mol. The van der Waals surface area contributed by atoms with Crippen LogP contribution in [0.5, 0.6) is 0 Å².